The van der Waals surface area contributed by atoms with Crippen LogP contribution in [-0.2, 0) is 4.79 Å². The minimum absolute atomic E-state index is 0.0630. The van der Waals surface area contributed by atoms with Crippen LogP contribution >= 0.6 is 11.3 Å². The highest BCUT2D eigenvalue weighted by Crippen LogP contribution is 2.34. The minimum atomic E-state index is 0.0630. The summed E-state index contributed by atoms with van der Waals surface area (Å²) in [6.45, 7) is 3.58. The molecule has 21 heavy (non-hydrogen) atoms. The maximum absolute atomic E-state index is 11.7. The topological polar surface area (TPSA) is 59.0 Å². The second-order valence-electron chi connectivity index (χ2n) is 5.09. The maximum Gasteiger partial charge on any atom is 0.225 e. The van der Waals surface area contributed by atoms with E-state index in [0.717, 1.165) is 34.9 Å². The van der Waals surface area contributed by atoms with Crippen molar-refractivity contribution in [3.05, 3.63) is 35.4 Å². The first-order valence-electron chi connectivity index (χ1n) is 6.85. The van der Waals surface area contributed by atoms with Gasteiger partial charge in [-0.25, -0.2) is 4.98 Å². The number of carbonyl (C=O) groups is 1. The summed E-state index contributed by atoms with van der Waals surface area (Å²) in [5.41, 5.74) is 2.68. The summed E-state index contributed by atoms with van der Waals surface area (Å²) in [5.74, 6) is 0.0630. The normalized spacial score (nSPS) is 15.0. The van der Waals surface area contributed by atoms with Crippen LogP contribution in [0.1, 0.15) is 38.1 Å². The zero-order valence-electron chi connectivity index (χ0n) is 12.0. The van der Waals surface area contributed by atoms with Gasteiger partial charge in [0.2, 0.25) is 5.91 Å². The molecule has 5 nitrogen and oxygen atoms in total. The van der Waals surface area contributed by atoms with Crippen LogP contribution in [0.5, 0.6) is 0 Å². The highest BCUT2D eigenvalue weighted by atomic mass is 32.1. The number of carbonyl (C=O) groups excluding carboxylic acids is 1. The van der Waals surface area contributed by atoms with Crippen LogP contribution in [0.3, 0.4) is 0 Å². The Morgan fingerprint density at radius 3 is 2.81 bits per heavy atom. The summed E-state index contributed by atoms with van der Waals surface area (Å²) in [4.78, 5) is 26.4. The molecule has 0 N–H and O–H groups in total. The Kier molecular flexibility index (Phi) is 3.79. The van der Waals surface area contributed by atoms with Crippen LogP contribution < -0.4 is 4.90 Å². The number of anilines is 1. The molecular weight excluding hydrogens is 284 g/mol. The van der Waals surface area contributed by atoms with E-state index in [4.69, 9.17) is 0 Å². The van der Waals surface area contributed by atoms with E-state index in [0.29, 0.717) is 6.04 Å². The van der Waals surface area contributed by atoms with Gasteiger partial charge in [-0.3, -0.25) is 19.7 Å². The van der Waals surface area contributed by atoms with Crippen LogP contribution in [0.2, 0.25) is 0 Å². The lowest BCUT2D eigenvalue weighted by Crippen LogP contribution is -2.30. The van der Waals surface area contributed by atoms with E-state index in [1.807, 2.05) is 18.4 Å². The van der Waals surface area contributed by atoms with Crippen LogP contribution in [0.4, 0.5) is 5.13 Å². The molecule has 0 aliphatic heterocycles. The quantitative estimate of drug-likeness (QED) is 0.871. The van der Waals surface area contributed by atoms with Crippen molar-refractivity contribution >= 4 is 34.0 Å². The summed E-state index contributed by atoms with van der Waals surface area (Å²) < 4.78 is 0. The molecule has 2 aromatic rings. The molecule has 0 spiro atoms. The first-order chi connectivity index (χ1) is 10.1. The number of rotatable bonds is 4. The molecule has 1 aliphatic rings. The summed E-state index contributed by atoms with van der Waals surface area (Å²) in [5, 5.41) is 2.75. The molecule has 0 bridgehead atoms. The van der Waals surface area contributed by atoms with Crippen LogP contribution in [0.25, 0.3) is 11.6 Å². The van der Waals surface area contributed by atoms with E-state index in [1.54, 1.807) is 30.4 Å². The first-order valence-corrected chi connectivity index (χ1v) is 7.73. The Morgan fingerprint density at radius 1 is 1.38 bits per heavy atom. The van der Waals surface area contributed by atoms with E-state index in [1.165, 1.54) is 11.3 Å². The van der Waals surface area contributed by atoms with Crippen LogP contribution in [0, 0.1) is 0 Å². The van der Waals surface area contributed by atoms with E-state index in [-0.39, 0.29) is 5.91 Å². The Labute approximate surface area is 127 Å². The predicted octanol–water partition coefficient (Wildman–Crippen LogP) is 3.01. The Balaban J connectivity index is 1.83. The fraction of sp³-hybridized carbons (Fsp3) is 0.333. The molecule has 3 rings (SSSR count). The van der Waals surface area contributed by atoms with Crippen molar-refractivity contribution in [1.82, 2.24) is 15.0 Å². The largest absolute Gasteiger partial charge is 0.285 e. The Bertz CT molecular complexity index is 676. The van der Waals surface area contributed by atoms with Gasteiger partial charge in [0.15, 0.2) is 5.13 Å². The van der Waals surface area contributed by atoms with Crippen molar-refractivity contribution in [2.75, 3.05) is 4.90 Å². The highest BCUT2D eigenvalue weighted by molar-refractivity contribution is 7.14. The van der Waals surface area contributed by atoms with Gasteiger partial charge in [-0.2, -0.15) is 0 Å². The zero-order chi connectivity index (χ0) is 14.8. The number of allylic oxidation sites excluding steroid dienone is 1. The van der Waals surface area contributed by atoms with Crippen molar-refractivity contribution < 1.29 is 4.79 Å². The van der Waals surface area contributed by atoms with Gasteiger partial charge in [-0.15, -0.1) is 11.3 Å². The molecule has 0 atom stereocenters. The number of nitrogens with zero attached hydrogens (tertiary/aromatic N) is 4. The molecule has 0 aromatic carbocycles. The third-order valence-corrected chi connectivity index (χ3v) is 4.16. The Hall–Kier alpha value is -2.08. The highest BCUT2D eigenvalue weighted by Gasteiger charge is 2.33. The minimum Gasteiger partial charge on any atom is -0.285 e. The van der Waals surface area contributed by atoms with Crippen molar-refractivity contribution in [3.8, 4) is 0 Å². The lowest BCUT2D eigenvalue weighted by atomic mass is 10.2. The third kappa shape index (κ3) is 3.16. The van der Waals surface area contributed by atoms with Gasteiger partial charge in [0.1, 0.15) is 0 Å². The predicted molar refractivity (Wildman–Crippen MR) is 83.9 cm³/mol. The average molecular weight is 300 g/mol. The van der Waals surface area contributed by atoms with Gasteiger partial charge < -0.3 is 0 Å². The molecule has 1 fully saturated rings. The van der Waals surface area contributed by atoms with Gasteiger partial charge in [0.25, 0.3) is 0 Å². The SMILES string of the molecule is CC(=O)N(c1nc(C=C(C)c2cnccn2)cs1)C1CC1. The summed E-state index contributed by atoms with van der Waals surface area (Å²) in [6, 6.07) is 0.339. The molecule has 1 amide bonds. The fourth-order valence-electron chi connectivity index (χ4n) is 2.13. The molecule has 0 unspecified atom stereocenters. The molecular formula is C15H16N4OS. The standard InChI is InChI=1S/C15H16N4OS/c1-10(14-8-16-5-6-17-14)7-12-9-21-15(18-12)19(11(2)20)13-3-4-13/h5-9,13H,3-4H2,1-2H3. The van der Waals surface area contributed by atoms with E-state index in [2.05, 4.69) is 15.0 Å². The van der Waals surface area contributed by atoms with Crippen molar-refractivity contribution in [1.29, 1.82) is 0 Å². The van der Waals surface area contributed by atoms with Gasteiger partial charge in [0.05, 0.1) is 17.6 Å². The van der Waals surface area contributed by atoms with Crippen LogP contribution in [-0.4, -0.2) is 26.9 Å². The number of aromatic nitrogens is 3. The Morgan fingerprint density at radius 2 is 2.19 bits per heavy atom. The van der Waals surface area contributed by atoms with E-state index in [9.17, 15) is 4.79 Å². The zero-order valence-corrected chi connectivity index (χ0v) is 12.8. The van der Waals surface area contributed by atoms with Gasteiger partial charge >= 0.3 is 0 Å². The van der Waals surface area contributed by atoms with Crippen molar-refractivity contribution in [2.24, 2.45) is 0 Å². The number of hydrogen-bond donors (Lipinski definition) is 0. The first kappa shape index (κ1) is 13.9. The number of hydrogen-bond acceptors (Lipinski definition) is 5. The van der Waals surface area contributed by atoms with Gasteiger partial charge in [-0.1, -0.05) is 0 Å². The van der Waals surface area contributed by atoms with Crippen molar-refractivity contribution in [3.63, 3.8) is 0 Å². The fourth-order valence-corrected chi connectivity index (χ4v) is 3.03. The lowest BCUT2D eigenvalue weighted by Gasteiger charge is -2.16. The third-order valence-electron chi connectivity index (χ3n) is 3.30. The molecule has 2 aromatic heterocycles. The second kappa shape index (κ2) is 5.73. The molecule has 1 saturated carbocycles. The second-order valence-corrected chi connectivity index (χ2v) is 5.93. The summed E-state index contributed by atoms with van der Waals surface area (Å²) >= 11 is 1.50. The molecule has 6 heteroatoms. The molecule has 2 heterocycles. The molecule has 0 saturated heterocycles. The van der Waals surface area contributed by atoms with Gasteiger partial charge in [-0.05, 0) is 31.4 Å². The van der Waals surface area contributed by atoms with E-state index < -0.39 is 0 Å². The molecule has 0 radical (unpaired) electrons. The average Bonchev–Trinajstić information content (AvgIpc) is 3.20. The van der Waals surface area contributed by atoms with Crippen molar-refractivity contribution in [2.45, 2.75) is 32.7 Å². The molecule has 1 aliphatic carbocycles. The lowest BCUT2D eigenvalue weighted by molar-refractivity contribution is -0.116. The monoisotopic (exact) mass is 300 g/mol. The maximum atomic E-state index is 11.7. The van der Waals surface area contributed by atoms with E-state index >= 15 is 0 Å². The smallest absolute Gasteiger partial charge is 0.225 e. The van der Waals surface area contributed by atoms with Crippen LogP contribution in [0.15, 0.2) is 24.0 Å². The number of thiazole rings is 1. The summed E-state index contributed by atoms with van der Waals surface area (Å²) in [7, 11) is 0. The summed E-state index contributed by atoms with van der Waals surface area (Å²) in [6.07, 6.45) is 9.16. The number of amides is 1. The molecule has 108 valence electrons. The van der Waals surface area contributed by atoms with Gasteiger partial charge in [0, 0.05) is 30.7 Å².